The Labute approximate surface area is 125 Å². The molecular weight excluding hydrogens is 302 g/mol. The summed E-state index contributed by atoms with van der Waals surface area (Å²) in [4.78, 5) is 38.2. The van der Waals surface area contributed by atoms with Gasteiger partial charge in [-0.05, 0) is 19.4 Å². The van der Waals surface area contributed by atoms with Crippen LogP contribution in [0.5, 0.6) is 0 Å². The average molecular weight is 316 g/mol. The van der Waals surface area contributed by atoms with E-state index in [1.54, 1.807) is 13.8 Å². The van der Waals surface area contributed by atoms with Gasteiger partial charge in [-0.2, -0.15) is 0 Å². The molecule has 0 aliphatic heterocycles. The number of aromatic nitrogens is 1. The Morgan fingerprint density at radius 3 is 2.67 bits per heavy atom. The summed E-state index contributed by atoms with van der Waals surface area (Å²) in [5, 5.41) is 19.5. The van der Waals surface area contributed by atoms with Crippen molar-refractivity contribution in [3.8, 4) is 0 Å². The molecule has 1 amide bonds. The minimum absolute atomic E-state index is 0.276. The van der Waals surface area contributed by atoms with E-state index < -0.39 is 34.2 Å². The maximum atomic E-state index is 12.4. The molecule has 0 saturated heterocycles. The van der Waals surface area contributed by atoms with Crippen LogP contribution in [-0.2, 0) is 4.79 Å². The molecule has 0 fully saturated rings. The molecule has 1 heterocycles. The Balaban J connectivity index is 3.30. The fourth-order valence-electron chi connectivity index (χ4n) is 1.72. The molecule has 1 N–H and O–H groups in total. The van der Waals surface area contributed by atoms with Crippen LogP contribution in [0.3, 0.4) is 0 Å². The molecule has 0 radical (unpaired) electrons. The first-order valence-corrected chi connectivity index (χ1v) is 6.49. The highest BCUT2D eigenvalue weighted by atomic mass is 35.5. The maximum absolute atomic E-state index is 12.4. The fraction of sp³-hybridized carbons (Fsp3) is 0.417. The minimum Gasteiger partial charge on any atom is -0.480 e. The zero-order valence-corrected chi connectivity index (χ0v) is 12.2. The summed E-state index contributed by atoms with van der Waals surface area (Å²) in [7, 11) is 0. The van der Waals surface area contributed by atoms with Gasteiger partial charge in [0.05, 0.1) is 4.92 Å². The molecule has 0 aliphatic rings. The summed E-state index contributed by atoms with van der Waals surface area (Å²) < 4.78 is 0. The van der Waals surface area contributed by atoms with Crippen molar-refractivity contribution < 1.29 is 19.6 Å². The van der Waals surface area contributed by atoms with Crippen molar-refractivity contribution in [1.82, 2.24) is 9.88 Å². The first kappa shape index (κ1) is 16.8. The number of carbonyl (C=O) groups is 2. The van der Waals surface area contributed by atoms with E-state index in [1.807, 2.05) is 0 Å². The molecule has 0 bridgehead atoms. The van der Waals surface area contributed by atoms with Gasteiger partial charge < -0.3 is 10.0 Å². The number of amides is 1. The summed E-state index contributed by atoms with van der Waals surface area (Å²) in [6, 6.07) is 0.768. The van der Waals surface area contributed by atoms with Crippen LogP contribution < -0.4 is 0 Å². The van der Waals surface area contributed by atoms with Gasteiger partial charge in [0.1, 0.15) is 12.1 Å². The number of carboxylic acids is 1. The van der Waals surface area contributed by atoms with Crippen LogP contribution in [0.1, 0.15) is 30.6 Å². The van der Waals surface area contributed by atoms with E-state index in [-0.39, 0.29) is 11.6 Å². The van der Waals surface area contributed by atoms with Gasteiger partial charge in [-0.1, -0.05) is 18.5 Å². The predicted molar refractivity (Wildman–Crippen MR) is 74.3 cm³/mol. The van der Waals surface area contributed by atoms with Crippen molar-refractivity contribution in [2.24, 2.45) is 0 Å². The van der Waals surface area contributed by atoms with E-state index >= 15 is 0 Å². The highest BCUT2D eigenvalue weighted by Crippen LogP contribution is 2.27. The smallest absolute Gasteiger partial charge is 0.323 e. The number of carboxylic acid groups (broad SMARTS) is 1. The van der Waals surface area contributed by atoms with Gasteiger partial charge in [0.15, 0.2) is 0 Å². The number of nitrogens with zero attached hydrogens (tertiary/aromatic N) is 3. The lowest BCUT2D eigenvalue weighted by Crippen LogP contribution is -2.42. The van der Waals surface area contributed by atoms with Crippen LogP contribution in [0, 0.1) is 10.1 Å². The molecule has 21 heavy (non-hydrogen) atoms. The molecule has 1 aromatic rings. The van der Waals surface area contributed by atoms with Crippen molar-refractivity contribution in [2.75, 3.05) is 6.54 Å². The van der Waals surface area contributed by atoms with Gasteiger partial charge >= 0.3 is 11.7 Å². The number of pyridine rings is 1. The summed E-state index contributed by atoms with van der Waals surface area (Å²) in [6.45, 7) is 2.89. The van der Waals surface area contributed by atoms with E-state index in [2.05, 4.69) is 4.98 Å². The third kappa shape index (κ3) is 3.88. The Morgan fingerprint density at radius 1 is 1.57 bits per heavy atom. The quantitative estimate of drug-likeness (QED) is 0.487. The first-order chi connectivity index (χ1) is 9.79. The van der Waals surface area contributed by atoms with Gasteiger partial charge in [-0.3, -0.25) is 19.7 Å². The van der Waals surface area contributed by atoms with E-state index in [9.17, 15) is 19.7 Å². The minimum atomic E-state index is -1.20. The number of halogens is 1. The van der Waals surface area contributed by atoms with Crippen LogP contribution >= 0.6 is 11.6 Å². The zero-order chi connectivity index (χ0) is 16.2. The van der Waals surface area contributed by atoms with Crippen LogP contribution in [0.2, 0.25) is 5.15 Å². The molecule has 114 valence electrons. The van der Waals surface area contributed by atoms with Crippen LogP contribution in [-0.4, -0.2) is 44.4 Å². The van der Waals surface area contributed by atoms with Gasteiger partial charge in [-0.15, -0.1) is 0 Å². The number of hydrogen-bond donors (Lipinski definition) is 1. The molecular formula is C12H14ClN3O5. The molecule has 0 spiro atoms. The van der Waals surface area contributed by atoms with Crippen LogP contribution in [0.15, 0.2) is 12.3 Å². The molecule has 0 aromatic carbocycles. The molecule has 1 aromatic heterocycles. The standard InChI is InChI=1S/C12H14ClN3O5/c1-3-7(2)15(6-9(17)18)12(19)8-4-5-14-11(13)10(8)16(20)21/h4-5,7H,3,6H2,1-2H3,(H,17,18). The van der Waals surface area contributed by atoms with E-state index in [0.717, 1.165) is 17.2 Å². The summed E-state index contributed by atoms with van der Waals surface area (Å²) in [5.74, 6) is -1.96. The second-order valence-electron chi connectivity index (χ2n) is 4.34. The monoisotopic (exact) mass is 315 g/mol. The average Bonchev–Trinajstić information content (AvgIpc) is 2.42. The van der Waals surface area contributed by atoms with Crippen molar-refractivity contribution in [2.45, 2.75) is 26.3 Å². The summed E-state index contributed by atoms with van der Waals surface area (Å²) in [6.07, 6.45) is 1.67. The van der Waals surface area contributed by atoms with Gasteiger partial charge in [0.2, 0.25) is 5.15 Å². The maximum Gasteiger partial charge on any atom is 0.323 e. The Morgan fingerprint density at radius 2 is 2.19 bits per heavy atom. The number of rotatable bonds is 6. The molecule has 1 rings (SSSR count). The van der Waals surface area contributed by atoms with Crippen molar-refractivity contribution in [1.29, 1.82) is 0 Å². The number of hydrogen-bond acceptors (Lipinski definition) is 5. The SMILES string of the molecule is CCC(C)N(CC(=O)O)C(=O)c1ccnc(Cl)c1[N+](=O)[O-]. The third-order valence-corrected chi connectivity index (χ3v) is 3.26. The van der Waals surface area contributed by atoms with Crippen LogP contribution in [0.25, 0.3) is 0 Å². The number of aliphatic carboxylic acids is 1. The molecule has 9 heteroatoms. The molecule has 8 nitrogen and oxygen atoms in total. The molecule has 1 atom stereocenters. The van der Waals surface area contributed by atoms with E-state index in [0.29, 0.717) is 6.42 Å². The summed E-state index contributed by atoms with van der Waals surface area (Å²) in [5.41, 5.74) is -0.899. The van der Waals surface area contributed by atoms with Crippen molar-refractivity contribution >= 4 is 29.2 Å². The van der Waals surface area contributed by atoms with E-state index in [1.165, 1.54) is 0 Å². The second kappa shape index (κ2) is 6.98. The topological polar surface area (TPSA) is 114 Å². The lowest BCUT2D eigenvalue weighted by molar-refractivity contribution is -0.385. The molecule has 0 aliphatic carbocycles. The largest absolute Gasteiger partial charge is 0.480 e. The Bertz CT molecular complexity index is 578. The van der Waals surface area contributed by atoms with Crippen LogP contribution in [0.4, 0.5) is 5.69 Å². The normalized spacial score (nSPS) is 11.8. The zero-order valence-electron chi connectivity index (χ0n) is 11.4. The molecule has 1 unspecified atom stereocenters. The fourth-order valence-corrected chi connectivity index (χ4v) is 1.95. The van der Waals surface area contributed by atoms with Crippen molar-refractivity contribution in [3.05, 3.63) is 33.1 Å². The lowest BCUT2D eigenvalue weighted by Gasteiger charge is -2.26. The highest BCUT2D eigenvalue weighted by molar-refractivity contribution is 6.32. The van der Waals surface area contributed by atoms with Gasteiger partial charge in [0, 0.05) is 12.2 Å². The van der Waals surface area contributed by atoms with Crippen molar-refractivity contribution in [3.63, 3.8) is 0 Å². The first-order valence-electron chi connectivity index (χ1n) is 6.11. The predicted octanol–water partition coefficient (Wildman–Crippen LogP) is 1.97. The lowest BCUT2D eigenvalue weighted by atomic mass is 10.1. The Kier molecular flexibility index (Phi) is 5.60. The number of nitro groups is 1. The van der Waals surface area contributed by atoms with Gasteiger partial charge in [-0.25, -0.2) is 4.98 Å². The second-order valence-corrected chi connectivity index (χ2v) is 4.70. The van der Waals surface area contributed by atoms with Gasteiger partial charge in [0.25, 0.3) is 5.91 Å². The molecule has 0 saturated carbocycles. The Hall–Kier alpha value is -2.22. The highest BCUT2D eigenvalue weighted by Gasteiger charge is 2.30. The summed E-state index contributed by atoms with van der Waals surface area (Å²) >= 11 is 5.65. The van der Waals surface area contributed by atoms with E-state index in [4.69, 9.17) is 16.7 Å². The number of carbonyl (C=O) groups excluding carboxylic acids is 1. The third-order valence-electron chi connectivity index (χ3n) is 2.98.